The molecule has 28 heavy (non-hydrogen) atoms. The van der Waals surface area contributed by atoms with Crippen molar-refractivity contribution in [2.75, 3.05) is 6.61 Å². The molecule has 6 heteroatoms. The number of hydrogen-bond acceptors (Lipinski definition) is 4. The van der Waals surface area contributed by atoms with Crippen LogP contribution in [0.4, 0.5) is 0 Å². The van der Waals surface area contributed by atoms with Crippen LogP contribution in [0.15, 0.2) is 36.5 Å². The number of carbonyl (C=O) groups is 1. The van der Waals surface area contributed by atoms with Gasteiger partial charge in [0.15, 0.2) is 0 Å². The summed E-state index contributed by atoms with van der Waals surface area (Å²) in [5.74, 6) is 2.42. The third kappa shape index (κ3) is 5.99. The molecule has 0 unspecified atom stereocenters. The zero-order valence-electron chi connectivity index (χ0n) is 16.4. The van der Waals surface area contributed by atoms with E-state index in [0.29, 0.717) is 22.6 Å². The molecule has 1 atom stereocenters. The minimum absolute atomic E-state index is 0.0480. The van der Waals surface area contributed by atoms with E-state index in [1.54, 1.807) is 18.3 Å². The number of hydrogen-bond donors (Lipinski definition) is 1. The van der Waals surface area contributed by atoms with Crippen molar-refractivity contribution in [1.29, 1.82) is 0 Å². The van der Waals surface area contributed by atoms with Gasteiger partial charge in [0.25, 0.3) is 0 Å². The molecule has 1 N–H and O–H groups in total. The largest absolute Gasteiger partial charge is 0.493 e. The molecular formula is C22H25ClN2O3. The maximum atomic E-state index is 11.1. The molecule has 3 rings (SSSR count). The van der Waals surface area contributed by atoms with Gasteiger partial charge in [-0.05, 0) is 56.4 Å². The summed E-state index contributed by atoms with van der Waals surface area (Å²) in [7, 11) is 0. The van der Waals surface area contributed by atoms with E-state index in [0.717, 1.165) is 23.5 Å². The Labute approximate surface area is 170 Å². The number of benzene rings is 1. The molecule has 5 nitrogen and oxygen atoms in total. The van der Waals surface area contributed by atoms with Crippen LogP contribution in [0.3, 0.4) is 0 Å². The Balaban J connectivity index is 1.63. The van der Waals surface area contributed by atoms with Crippen LogP contribution in [-0.4, -0.2) is 23.5 Å². The summed E-state index contributed by atoms with van der Waals surface area (Å²) >= 11 is 6.34. The molecule has 0 bridgehead atoms. The van der Waals surface area contributed by atoms with Crippen LogP contribution in [0.25, 0.3) is 6.08 Å². The van der Waals surface area contributed by atoms with Crippen LogP contribution in [0.1, 0.15) is 37.8 Å². The highest BCUT2D eigenvalue weighted by Gasteiger charge is 2.22. The van der Waals surface area contributed by atoms with E-state index < -0.39 is 0 Å². The smallest absolute Gasteiger partial charge is 0.222 e. The summed E-state index contributed by atoms with van der Waals surface area (Å²) < 4.78 is 11.6. The number of aryl methyl sites for hydroxylation is 1. The highest BCUT2D eigenvalue weighted by molar-refractivity contribution is 6.32. The van der Waals surface area contributed by atoms with Crippen LogP contribution in [0.5, 0.6) is 17.4 Å². The number of ether oxygens (including phenoxy) is 2. The second-order valence-electron chi connectivity index (χ2n) is 7.19. The molecule has 1 aromatic heterocycles. The molecular weight excluding hydrogens is 376 g/mol. The lowest BCUT2D eigenvalue weighted by molar-refractivity contribution is -0.119. The van der Waals surface area contributed by atoms with E-state index in [1.165, 1.54) is 19.8 Å². The monoisotopic (exact) mass is 400 g/mol. The van der Waals surface area contributed by atoms with Crippen LogP contribution in [0.2, 0.25) is 5.02 Å². The highest BCUT2D eigenvalue weighted by atomic mass is 35.5. The summed E-state index contributed by atoms with van der Waals surface area (Å²) in [4.78, 5) is 15.5. The molecule has 0 saturated heterocycles. The quantitative estimate of drug-likeness (QED) is 0.664. The SMILES string of the molecule is CC(=O)N[C@@H](C)/C=C/c1cnc(Oc2ccc(OCC3CC3)cc2Cl)c(C)c1. The lowest BCUT2D eigenvalue weighted by Crippen LogP contribution is -2.28. The van der Waals surface area contributed by atoms with Crippen molar-refractivity contribution in [3.05, 3.63) is 52.7 Å². The molecule has 1 aliphatic carbocycles. The molecule has 0 aliphatic heterocycles. The topological polar surface area (TPSA) is 60.5 Å². The predicted octanol–water partition coefficient (Wildman–Crippen LogP) is 5.16. The first-order chi connectivity index (χ1) is 13.4. The first-order valence-electron chi connectivity index (χ1n) is 9.43. The second kappa shape index (κ2) is 9.11. The van der Waals surface area contributed by atoms with Gasteiger partial charge in [-0.15, -0.1) is 0 Å². The van der Waals surface area contributed by atoms with Crippen molar-refractivity contribution in [3.8, 4) is 17.4 Å². The van der Waals surface area contributed by atoms with E-state index in [9.17, 15) is 4.79 Å². The van der Waals surface area contributed by atoms with Gasteiger partial charge in [-0.2, -0.15) is 0 Å². The van der Waals surface area contributed by atoms with Gasteiger partial charge >= 0.3 is 0 Å². The molecule has 1 saturated carbocycles. The standard InChI is InChI=1S/C22H25ClN2O3/c1-14-10-18(5-4-15(2)25-16(3)26)12-24-22(14)28-21-9-8-19(11-20(21)23)27-13-17-6-7-17/h4-5,8-12,15,17H,6-7,13H2,1-3H3,(H,25,26)/b5-4+/t15-/m0/s1. The van der Waals surface area contributed by atoms with Crippen molar-refractivity contribution in [3.63, 3.8) is 0 Å². The van der Waals surface area contributed by atoms with Crippen molar-refractivity contribution < 1.29 is 14.3 Å². The van der Waals surface area contributed by atoms with Gasteiger partial charge in [0.05, 0.1) is 11.6 Å². The Morgan fingerprint density at radius 1 is 1.39 bits per heavy atom. The number of nitrogens with zero attached hydrogens (tertiary/aromatic N) is 1. The van der Waals surface area contributed by atoms with Gasteiger partial charge in [0.1, 0.15) is 11.5 Å². The van der Waals surface area contributed by atoms with E-state index in [-0.39, 0.29) is 11.9 Å². The fourth-order valence-corrected chi connectivity index (χ4v) is 2.87. The van der Waals surface area contributed by atoms with E-state index in [4.69, 9.17) is 21.1 Å². The Bertz CT molecular complexity index is 878. The zero-order chi connectivity index (χ0) is 20.1. The van der Waals surface area contributed by atoms with Crippen molar-refractivity contribution in [2.45, 2.75) is 39.7 Å². The number of rotatable bonds is 8. The Morgan fingerprint density at radius 2 is 2.18 bits per heavy atom. The molecule has 0 spiro atoms. The average Bonchev–Trinajstić information content (AvgIpc) is 3.46. The van der Waals surface area contributed by atoms with Crippen LogP contribution < -0.4 is 14.8 Å². The van der Waals surface area contributed by atoms with Crippen LogP contribution in [0, 0.1) is 12.8 Å². The van der Waals surface area contributed by atoms with Gasteiger partial charge in [-0.3, -0.25) is 4.79 Å². The lowest BCUT2D eigenvalue weighted by Gasteiger charge is -2.11. The summed E-state index contributed by atoms with van der Waals surface area (Å²) in [5.41, 5.74) is 1.82. The highest BCUT2D eigenvalue weighted by Crippen LogP contribution is 2.34. The number of pyridine rings is 1. The number of nitrogens with one attached hydrogen (secondary N) is 1. The summed E-state index contributed by atoms with van der Waals surface area (Å²) in [5, 5.41) is 3.29. The molecule has 1 fully saturated rings. The first-order valence-corrected chi connectivity index (χ1v) is 9.80. The molecule has 1 aromatic carbocycles. The van der Waals surface area contributed by atoms with Gasteiger partial charge in [0, 0.05) is 30.8 Å². The Hall–Kier alpha value is -2.53. The minimum atomic E-state index is -0.0592. The van der Waals surface area contributed by atoms with Crippen LogP contribution in [-0.2, 0) is 4.79 Å². The Kier molecular flexibility index (Phi) is 6.57. The number of aromatic nitrogens is 1. The van der Waals surface area contributed by atoms with Crippen molar-refractivity contribution in [2.24, 2.45) is 5.92 Å². The fourth-order valence-electron chi connectivity index (χ4n) is 2.66. The summed E-state index contributed by atoms with van der Waals surface area (Å²) in [6.45, 7) is 6.08. The number of amides is 1. The zero-order valence-corrected chi connectivity index (χ0v) is 17.1. The van der Waals surface area contributed by atoms with E-state index in [1.807, 2.05) is 38.1 Å². The van der Waals surface area contributed by atoms with E-state index in [2.05, 4.69) is 10.3 Å². The molecule has 148 valence electrons. The maximum absolute atomic E-state index is 11.1. The van der Waals surface area contributed by atoms with E-state index >= 15 is 0 Å². The normalized spacial score (nSPS) is 14.7. The fraction of sp³-hybridized carbons (Fsp3) is 0.364. The molecule has 1 aliphatic rings. The minimum Gasteiger partial charge on any atom is -0.493 e. The third-order valence-electron chi connectivity index (χ3n) is 4.35. The molecule has 1 heterocycles. The average molecular weight is 401 g/mol. The van der Waals surface area contributed by atoms with Crippen LogP contribution >= 0.6 is 11.6 Å². The molecule has 0 radical (unpaired) electrons. The van der Waals surface area contributed by atoms with Crippen molar-refractivity contribution >= 4 is 23.6 Å². The van der Waals surface area contributed by atoms with Gasteiger partial charge in [0.2, 0.25) is 11.8 Å². The lowest BCUT2D eigenvalue weighted by atomic mass is 10.2. The molecule has 2 aromatic rings. The van der Waals surface area contributed by atoms with Gasteiger partial charge < -0.3 is 14.8 Å². The van der Waals surface area contributed by atoms with Gasteiger partial charge in [-0.1, -0.05) is 23.8 Å². The maximum Gasteiger partial charge on any atom is 0.222 e. The first kappa shape index (κ1) is 20.2. The van der Waals surface area contributed by atoms with Gasteiger partial charge in [-0.25, -0.2) is 4.98 Å². The predicted molar refractivity (Wildman–Crippen MR) is 111 cm³/mol. The third-order valence-corrected chi connectivity index (χ3v) is 4.65. The summed E-state index contributed by atoms with van der Waals surface area (Å²) in [6.07, 6.45) is 8.05. The number of halogens is 1. The number of carbonyl (C=O) groups excluding carboxylic acids is 1. The second-order valence-corrected chi connectivity index (χ2v) is 7.59. The summed E-state index contributed by atoms with van der Waals surface area (Å²) in [6, 6.07) is 7.36. The Morgan fingerprint density at radius 3 is 2.82 bits per heavy atom. The molecule has 1 amide bonds. The van der Waals surface area contributed by atoms with Crippen molar-refractivity contribution in [1.82, 2.24) is 10.3 Å².